The van der Waals surface area contributed by atoms with E-state index in [1.807, 2.05) is 0 Å². The maximum atomic E-state index is 10.9. The van der Waals surface area contributed by atoms with Crippen molar-refractivity contribution in [2.45, 2.75) is 0 Å². The largest absolute Gasteiger partial charge is 0.507 e. The van der Waals surface area contributed by atoms with Gasteiger partial charge in [-0.25, -0.2) is 5.48 Å². The summed E-state index contributed by atoms with van der Waals surface area (Å²) in [5.74, 6) is -1.50. The molecule has 0 fully saturated rings. The molecule has 0 unspecified atom stereocenters. The standard InChI is InChI=1S/C7H7NO3/c9-6-4-2-1-3-5(6)7(10)8-11/h1-4,9,11H,(H,8,10)/i1D,4D. The smallest absolute Gasteiger partial charge is 0.278 e. The number of para-hydroxylation sites is 1. The molecule has 1 aromatic carbocycles. The van der Waals surface area contributed by atoms with Crippen molar-refractivity contribution < 1.29 is 17.8 Å². The number of benzene rings is 1. The van der Waals surface area contributed by atoms with Crippen molar-refractivity contribution in [3.05, 3.63) is 29.8 Å². The monoisotopic (exact) mass is 155 g/mol. The van der Waals surface area contributed by atoms with E-state index in [0.717, 1.165) is 12.1 Å². The number of carbonyl (C=O) groups excluding carboxylic acids is 1. The lowest BCUT2D eigenvalue weighted by molar-refractivity contribution is 0.0703. The summed E-state index contributed by atoms with van der Waals surface area (Å²) in [6.45, 7) is 0. The number of hydroxylamine groups is 1. The van der Waals surface area contributed by atoms with Crippen molar-refractivity contribution in [1.29, 1.82) is 0 Å². The van der Waals surface area contributed by atoms with Gasteiger partial charge in [0.05, 0.1) is 8.30 Å². The number of amides is 1. The number of phenols is 1. The molecule has 1 rings (SSSR count). The van der Waals surface area contributed by atoms with E-state index in [4.69, 9.17) is 7.95 Å². The quantitative estimate of drug-likeness (QED) is 0.409. The Morgan fingerprint density at radius 3 is 3.09 bits per heavy atom. The molecule has 4 nitrogen and oxygen atoms in total. The Balaban J connectivity index is 3.28. The van der Waals surface area contributed by atoms with Crippen molar-refractivity contribution >= 4 is 5.91 Å². The molecule has 0 aromatic heterocycles. The minimum absolute atomic E-state index is 0.0820. The predicted octanol–water partition coefficient (Wildman–Crippen LogP) is 0.511. The third kappa shape index (κ3) is 1.47. The number of nitrogens with one attached hydrogen (secondary N) is 1. The number of hydrogen-bond donors (Lipinski definition) is 3. The summed E-state index contributed by atoms with van der Waals surface area (Å²) in [6, 6.07) is 1.73. The van der Waals surface area contributed by atoms with E-state index in [1.54, 1.807) is 0 Å². The zero-order chi connectivity index (χ0) is 10.0. The second-order valence-electron chi connectivity index (χ2n) is 1.80. The summed E-state index contributed by atoms with van der Waals surface area (Å²) >= 11 is 0. The van der Waals surface area contributed by atoms with Gasteiger partial charge in [-0.05, 0) is 12.1 Å². The third-order valence-corrected chi connectivity index (χ3v) is 1.12. The molecule has 0 bridgehead atoms. The maximum absolute atomic E-state index is 10.9. The first-order chi connectivity index (χ1) is 6.06. The lowest BCUT2D eigenvalue weighted by Gasteiger charge is -1.99. The minimum Gasteiger partial charge on any atom is -0.507 e. The molecule has 0 atom stereocenters. The van der Waals surface area contributed by atoms with Crippen LogP contribution in [0.25, 0.3) is 0 Å². The molecule has 11 heavy (non-hydrogen) atoms. The molecule has 0 saturated heterocycles. The van der Waals surface area contributed by atoms with Gasteiger partial charge in [-0.2, -0.15) is 0 Å². The molecule has 1 amide bonds. The van der Waals surface area contributed by atoms with Crippen LogP contribution in [-0.4, -0.2) is 16.2 Å². The Labute approximate surface area is 65.9 Å². The second kappa shape index (κ2) is 3.03. The lowest BCUT2D eigenvalue weighted by atomic mass is 10.2. The van der Waals surface area contributed by atoms with Crippen LogP contribution >= 0.6 is 0 Å². The molecule has 58 valence electrons. The summed E-state index contributed by atoms with van der Waals surface area (Å²) in [5.41, 5.74) is 1.02. The van der Waals surface area contributed by atoms with Crippen LogP contribution in [0.2, 0.25) is 0 Å². The Morgan fingerprint density at radius 2 is 2.45 bits per heavy atom. The maximum Gasteiger partial charge on any atom is 0.278 e. The van der Waals surface area contributed by atoms with Gasteiger partial charge >= 0.3 is 0 Å². The van der Waals surface area contributed by atoms with Crippen molar-refractivity contribution in [1.82, 2.24) is 5.48 Å². The fraction of sp³-hybridized carbons (Fsp3) is 0. The van der Waals surface area contributed by atoms with E-state index in [2.05, 4.69) is 0 Å². The number of carbonyl (C=O) groups is 1. The first-order valence-electron chi connectivity index (χ1n) is 3.81. The lowest BCUT2D eigenvalue weighted by Crippen LogP contribution is -2.18. The fourth-order valence-electron chi connectivity index (χ4n) is 0.614. The van der Waals surface area contributed by atoms with Gasteiger partial charge in [-0.3, -0.25) is 10.0 Å². The number of aromatic hydroxyl groups is 1. The highest BCUT2D eigenvalue weighted by Gasteiger charge is 2.07. The normalized spacial score (nSPS) is 11.7. The van der Waals surface area contributed by atoms with Crippen LogP contribution in [-0.2, 0) is 0 Å². The molecule has 1 aromatic rings. The summed E-state index contributed by atoms with van der Waals surface area (Å²) in [7, 11) is 0. The van der Waals surface area contributed by atoms with Gasteiger partial charge in [-0.1, -0.05) is 12.1 Å². The van der Waals surface area contributed by atoms with E-state index in [1.165, 1.54) is 5.48 Å². The van der Waals surface area contributed by atoms with Crippen molar-refractivity contribution in [3.8, 4) is 5.75 Å². The molecular formula is C7H7NO3. The van der Waals surface area contributed by atoms with E-state index in [-0.39, 0.29) is 17.6 Å². The van der Waals surface area contributed by atoms with Crippen molar-refractivity contribution in [2.24, 2.45) is 0 Å². The number of phenolic OH excluding ortho intramolecular Hbond substituents is 1. The minimum atomic E-state index is -0.944. The summed E-state index contributed by atoms with van der Waals surface area (Å²) in [4.78, 5) is 10.9. The zero-order valence-electron chi connectivity index (χ0n) is 7.46. The number of hydrogen-bond acceptors (Lipinski definition) is 3. The molecule has 0 heterocycles. The van der Waals surface area contributed by atoms with Crippen LogP contribution < -0.4 is 5.48 Å². The van der Waals surface area contributed by atoms with Crippen molar-refractivity contribution in [3.63, 3.8) is 0 Å². The number of rotatable bonds is 1. The molecule has 0 spiro atoms. The third-order valence-electron chi connectivity index (χ3n) is 1.12. The van der Waals surface area contributed by atoms with Gasteiger partial charge in [0.1, 0.15) is 5.75 Å². The SMILES string of the molecule is [2H]c1cc([2H])c(O)c(C(=O)NO)c1. The molecule has 0 aliphatic rings. The summed E-state index contributed by atoms with van der Waals surface area (Å²) < 4.78 is 14.3. The van der Waals surface area contributed by atoms with E-state index in [0.29, 0.717) is 0 Å². The molecule has 0 aliphatic heterocycles. The summed E-state index contributed by atoms with van der Waals surface area (Å²) in [5, 5.41) is 17.4. The van der Waals surface area contributed by atoms with Crippen LogP contribution in [0.3, 0.4) is 0 Å². The molecule has 3 N–H and O–H groups in total. The topological polar surface area (TPSA) is 69.6 Å². The van der Waals surface area contributed by atoms with Crippen molar-refractivity contribution in [2.75, 3.05) is 0 Å². The average molecular weight is 155 g/mol. The second-order valence-corrected chi connectivity index (χ2v) is 1.80. The first kappa shape index (κ1) is 5.15. The highest BCUT2D eigenvalue weighted by atomic mass is 16.5. The van der Waals surface area contributed by atoms with Gasteiger partial charge in [-0.15, -0.1) is 0 Å². The Morgan fingerprint density at radius 1 is 1.73 bits per heavy atom. The Kier molecular flexibility index (Phi) is 1.42. The van der Waals surface area contributed by atoms with Gasteiger partial charge in [0, 0.05) is 0 Å². The van der Waals surface area contributed by atoms with Gasteiger partial charge in [0.2, 0.25) is 0 Å². The van der Waals surface area contributed by atoms with Gasteiger partial charge in [0.25, 0.3) is 5.91 Å². The Hall–Kier alpha value is -1.55. The molecule has 0 aliphatic carbocycles. The van der Waals surface area contributed by atoms with Gasteiger partial charge < -0.3 is 5.11 Å². The van der Waals surface area contributed by atoms with Crippen LogP contribution in [0.1, 0.15) is 13.1 Å². The highest BCUT2D eigenvalue weighted by molar-refractivity contribution is 5.95. The molecular weight excluding hydrogens is 146 g/mol. The van der Waals surface area contributed by atoms with Crippen LogP contribution in [0.5, 0.6) is 5.75 Å². The highest BCUT2D eigenvalue weighted by Crippen LogP contribution is 2.14. The van der Waals surface area contributed by atoms with Crippen LogP contribution in [0, 0.1) is 0 Å². The predicted molar refractivity (Wildman–Crippen MR) is 37.4 cm³/mol. The average Bonchev–Trinajstić information content (AvgIpc) is 2.10. The molecule has 0 saturated carbocycles. The van der Waals surface area contributed by atoms with E-state index in [9.17, 15) is 9.90 Å². The molecule has 0 radical (unpaired) electrons. The van der Waals surface area contributed by atoms with E-state index >= 15 is 0 Å². The fourth-order valence-corrected chi connectivity index (χ4v) is 0.614. The van der Waals surface area contributed by atoms with E-state index < -0.39 is 11.7 Å². The molecule has 4 heteroatoms. The Bertz CT molecular complexity index is 354. The first-order valence-corrected chi connectivity index (χ1v) is 2.81. The van der Waals surface area contributed by atoms with Crippen LogP contribution in [0.4, 0.5) is 0 Å². The van der Waals surface area contributed by atoms with Gasteiger partial charge in [0.15, 0.2) is 0 Å². The van der Waals surface area contributed by atoms with Crippen LogP contribution in [0.15, 0.2) is 24.2 Å². The summed E-state index contributed by atoms with van der Waals surface area (Å²) in [6.07, 6.45) is 0. The zero-order valence-corrected chi connectivity index (χ0v) is 5.46.